The maximum absolute atomic E-state index is 4.95. The van der Waals surface area contributed by atoms with Crippen LogP contribution in [0.3, 0.4) is 0 Å². The summed E-state index contributed by atoms with van der Waals surface area (Å²) in [5.41, 5.74) is 0. The monoisotopic (exact) mass is 302 g/mol. The van der Waals surface area contributed by atoms with Gasteiger partial charge < -0.3 is 9.80 Å². The molecule has 15 heavy (non-hydrogen) atoms. The molecule has 86 valence electrons. The molecule has 1 rings (SSSR count). The molecule has 0 unspecified atom stereocenters. The summed E-state index contributed by atoms with van der Waals surface area (Å²) < 4.78 is 0. The zero-order valence-electron chi connectivity index (χ0n) is 9.75. The SMILES string of the molecule is CCCCCCN1C=CN(C)C1.[Cl][Zn][Cl]. The first-order chi connectivity index (χ1) is 7.24. The minimum atomic E-state index is -0.931. The number of unbranched alkanes of at least 4 members (excludes halogenated alkanes) is 3. The van der Waals surface area contributed by atoms with Crippen LogP contribution in [0.15, 0.2) is 12.4 Å². The number of hydrogen-bond acceptors (Lipinski definition) is 2. The van der Waals surface area contributed by atoms with Gasteiger partial charge in [-0.1, -0.05) is 26.2 Å². The summed E-state index contributed by atoms with van der Waals surface area (Å²) in [5, 5.41) is 0. The van der Waals surface area contributed by atoms with E-state index in [4.69, 9.17) is 19.4 Å². The summed E-state index contributed by atoms with van der Waals surface area (Å²) in [5.74, 6) is 0. The quantitative estimate of drug-likeness (QED) is 0.565. The number of rotatable bonds is 5. The van der Waals surface area contributed by atoms with Gasteiger partial charge in [-0.2, -0.15) is 0 Å². The molecule has 0 atom stereocenters. The Hall–Kier alpha value is 0.543. The molecule has 5 heteroatoms. The van der Waals surface area contributed by atoms with Crippen molar-refractivity contribution in [2.24, 2.45) is 0 Å². The first-order valence-electron chi connectivity index (χ1n) is 5.49. The van der Waals surface area contributed by atoms with Gasteiger partial charge in [0, 0.05) is 26.0 Å². The van der Waals surface area contributed by atoms with Crippen LogP contribution in [-0.4, -0.2) is 30.1 Å². The van der Waals surface area contributed by atoms with E-state index in [9.17, 15) is 0 Å². The van der Waals surface area contributed by atoms with Gasteiger partial charge in [-0.15, -0.1) is 0 Å². The van der Waals surface area contributed by atoms with Gasteiger partial charge in [0.05, 0.1) is 6.67 Å². The molecular formula is C10H20Cl2N2Zn. The van der Waals surface area contributed by atoms with E-state index < -0.39 is 15.1 Å². The molecule has 0 saturated heterocycles. The Bertz CT molecular complexity index is 168. The molecule has 0 aliphatic carbocycles. The Morgan fingerprint density at radius 1 is 1.20 bits per heavy atom. The first kappa shape index (κ1) is 15.5. The van der Waals surface area contributed by atoms with E-state index in [2.05, 4.69) is 36.2 Å². The molecule has 0 N–H and O–H groups in total. The average molecular weight is 305 g/mol. The van der Waals surface area contributed by atoms with Crippen LogP contribution in [0.25, 0.3) is 0 Å². The van der Waals surface area contributed by atoms with Gasteiger partial charge in [-0.3, -0.25) is 0 Å². The van der Waals surface area contributed by atoms with Crippen LogP contribution < -0.4 is 0 Å². The van der Waals surface area contributed by atoms with Gasteiger partial charge in [-0.25, -0.2) is 0 Å². The van der Waals surface area contributed by atoms with E-state index in [1.165, 1.54) is 32.2 Å². The third kappa shape index (κ3) is 9.47. The van der Waals surface area contributed by atoms with Crippen LogP contribution >= 0.6 is 19.4 Å². The predicted octanol–water partition coefficient (Wildman–Crippen LogP) is 3.62. The van der Waals surface area contributed by atoms with Crippen molar-refractivity contribution in [3.05, 3.63) is 12.4 Å². The summed E-state index contributed by atoms with van der Waals surface area (Å²) in [4.78, 5) is 4.58. The molecule has 0 radical (unpaired) electrons. The van der Waals surface area contributed by atoms with Gasteiger partial charge in [-0.05, 0) is 6.42 Å². The molecule has 0 spiro atoms. The molecule has 0 aromatic carbocycles. The second kappa shape index (κ2) is 11.0. The fraction of sp³-hybridized carbons (Fsp3) is 0.800. The summed E-state index contributed by atoms with van der Waals surface area (Å²) >= 11 is -0.931. The summed E-state index contributed by atoms with van der Waals surface area (Å²) in [7, 11) is 12.0. The topological polar surface area (TPSA) is 6.48 Å². The molecule has 0 fully saturated rings. The van der Waals surface area contributed by atoms with Crippen molar-refractivity contribution in [2.45, 2.75) is 32.6 Å². The molecule has 2 nitrogen and oxygen atoms in total. The van der Waals surface area contributed by atoms with Crippen molar-refractivity contribution in [3.63, 3.8) is 0 Å². The molecule has 0 aromatic rings. The van der Waals surface area contributed by atoms with Crippen LogP contribution in [-0.2, 0) is 15.1 Å². The summed E-state index contributed by atoms with van der Waals surface area (Å²) in [6, 6.07) is 0. The van der Waals surface area contributed by atoms with Crippen LogP contribution in [0, 0.1) is 0 Å². The van der Waals surface area contributed by atoms with E-state index in [-0.39, 0.29) is 0 Å². The second-order valence-corrected chi connectivity index (χ2v) is 8.29. The van der Waals surface area contributed by atoms with Gasteiger partial charge in [0.2, 0.25) is 0 Å². The molecule has 0 saturated carbocycles. The molecule has 1 aliphatic heterocycles. The van der Waals surface area contributed by atoms with Gasteiger partial charge in [0.25, 0.3) is 0 Å². The summed E-state index contributed by atoms with van der Waals surface area (Å²) in [6.45, 7) is 4.55. The van der Waals surface area contributed by atoms with Gasteiger partial charge in [0.15, 0.2) is 0 Å². The third-order valence-corrected chi connectivity index (χ3v) is 2.24. The zero-order chi connectivity index (χ0) is 11.5. The normalized spacial score (nSPS) is 13.6. The Kier molecular flexibility index (Phi) is 11.4. The molecule has 0 amide bonds. The zero-order valence-corrected chi connectivity index (χ0v) is 14.2. The Morgan fingerprint density at radius 2 is 1.87 bits per heavy atom. The average Bonchev–Trinajstić information content (AvgIpc) is 2.60. The minimum absolute atomic E-state index is 0.931. The standard InChI is InChI=1S/C10H20N2.2ClH.Zn/c1-3-4-5-6-7-12-9-8-11(2)10-12;;;/h8-9H,3-7,10H2,1-2H3;2*1H;/q;;;+2/p-2. The number of halogens is 2. The summed E-state index contributed by atoms with van der Waals surface area (Å²) in [6.07, 6.45) is 9.76. The second-order valence-electron chi connectivity index (χ2n) is 3.67. The number of nitrogens with zero attached hydrogens (tertiary/aromatic N) is 2. The van der Waals surface area contributed by atoms with Crippen molar-refractivity contribution in [1.82, 2.24) is 9.80 Å². The van der Waals surface area contributed by atoms with E-state index in [0.717, 1.165) is 6.67 Å². The van der Waals surface area contributed by atoms with Crippen LogP contribution in [0.2, 0.25) is 0 Å². The molecule has 0 aromatic heterocycles. The molecule has 1 aliphatic rings. The van der Waals surface area contributed by atoms with E-state index >= 15 is 0 Å². The van der Waals surface area contributed by atoms with Crippen molar-refractivity contribution >= 4 is 19.4 Å². The van der Waals surface area contributed by atoms with Crippen LogP contribution in [0.1, 0.15) is 32.6 Å². The van der Waals surface area contributed by atoms with Crippen molar-refractivity contribution in [3.8, 4) is 0 Å². The van der Waals surface area contributed by atoms with Crippen molar-refractivity contribution in [2.75, 3.05) is 20.3 Å². The van der Waals surface area contributed by atoms with Crippen molar-refractivity contribution < 1.29 is 15.1 Å². The fourth-order valence-electron chi connectivity index (χ4n) is 1.48. The fourth-order valence-corrected chi connectivity index (χ4v) is 1.48. The van der Waals surface area contributed by atoms with E-state index in [1.807, 2.05) is 0 Å². The molecule has 1 heterocycles. The van der Waals surface area contributed by atoms with E-state index in [0.29, 0.717) is 0 Å². The van der Waals surface area contributed by atoms with Gasteiger partial charge >= 0.3 is 34.5 Å². The van der Waals surface area contributed by atoms with Crippen LogP contribution in [0.4, 0.5) is 0 Å². The first-order valence-corrected chi connectivity index (χ1v) is 13.3. The third-order valence-electron chi connectivity index (χ3n) is 2.24. The predicted molar refractivity (Wildman–Crippen MR) is 64.3 cm³/mol. The Balaban J connectivity index is 0.000000583. The van der Waals surface area contributed by atoms with Crippen molar-refractivity contribution in [1.29, 1.82) is 0 Å². The molecular weight excluding hydrogens is 284 g/mol. The Morgan fingerprint density at radius 3 is 2.33 bits per heavy atom. The molecule has 0 bridgehead atoms. The van der Waals surface area contributed by atoms with Crippen LogP contribution in [0.5, 0.6) is 0 Å². The maximum atomic E-state index is 4.95. The Labute approximate surface area is 109 Å². The number of hydrogen-bond donors (Lipinski definition) is 0. The van der Waals surface area contributed by atoms with E-state index in [1.54, 1.807) is 0 Å². The van der Waals surface area contributed by atoms with Gasteiger partial charge in [0.1, 0.15) is 0 Å².